The van der Waals surface area contributed by atoms with E-state index in [1.165, 1.54) is 37.6 Å². The molecule has 0 aliphatic carbocycles. The van der Waals surface area contributed by atoms with Gasteiger partial charge in [-0.1, -0.05) is 43.9 Å². The van der Waals surface area contributed by atoms with Gasteiger partial charge >= 0.3 is 0 Å². The van der Waals surface area contributed by atoms with Crippen LogP contribution in [0.25, 0.3) is 10.9 Å². The maximum Gasteiger partial charge on any atom is 0.248 e. The van der Waals surface area contributed by atoms with Crippen molar-refractivity contribution in [3.05, 3.63) is 59.3 Å². The number of nitriles is 1. The second-order valence-electron chi connectivity index (χ2n) is 8.40. The Bertz CT molecular complexity index is 1300. The summed E-state index contributed by atoms with van der Waals surface area (Å²) in [7, 11) is 0. The molecule has 0 radical (unpaired) electrons. The summed E-state index contributed by atoms with van der Waals surface area (Å²) < 4.78 is 5.48. The first-order chi connectivity index (χ1) is 18.0. The first-order valence-electron chi connectivity index (χ1n) is 12.4. The fourth-order valence-corrected chi connectivity index (χ4v) is 3.98. The van der Waals surface area contributed by atoms with Crippen molar-refractivity contribution >= 4 is 45.5 Å². The van der Waals surface area contributed by atoms with E-state index in [1.54, 1.807) is 30.3 Å². The third-order valence-corrected chi connectivity index (χ3v) is 5.90. The van der Waals surface area contributed by atoms with Crippen molar-refractivity contribution in [2.24, 2.45) is 0 Å². The Morgan fingerprint density at radius 3 is 2.78 bits per heavy atom. The van der Waals surface area contributed by atoms with Crippen LogP contribution in [0, 0.1) is 11.3 Å². The van der Waals surface area contributed by atoms with Gasteiger partial charge in [-0.05, 0) is 44.2 Å². The van der Waals surface area contributed by atoms with Crippen LogP contribution in [-0.4, -0.2) is 35.7 Å². The van der Waals surface area contributed by atoms with Gasteiger partial charge in [0, 0.05) is 36.0 Å². The van der Waals surface area contributed by atoms with E-state index in [-0.39, 0.29) is 17.3 Å². The highest BCUT2D eigenvalue weighted by molar-refractivity contribution is 6.32. The Hall–Kier alpha value is -3.80. The number of amides is 1. The topological polar surface area (TPSA) is 119 Å². The van der Waals surface area contributed by atoms with Crippen molar-refractivity contribution < 1.29 is 14.6 Å². The third-order valence-electron chi connectivity index (χ3n) is 5.60. The number of rotatable bonds is 13. The Morgan fingerprint density at radius 2 is 2.05 bits per heavy atom. The van der Waals surface area contributed by atoms with Crippen LogP contribution in [0.5, 0.6) is 11.5 Å². The molecule has 3 aromatic rings. The quantitative estimate of drug-likeness (QED) is 0.119. The zero-order valence-electron chi connectivity index (χ0n) is 21.1. The molecule has 37 heavy (non-hydrogen) atoms. The molecule has 194 valence electrons. The number of pyridine rings is 1. The first-order valence-corrected chi connectivity index (χ1v) is 12.8. The molecule has 0 unspecified atom stereocenters. The summed E-state index contributed by atoms with van der Waals surface area (Å²) in [5.74, 6) is 0.0553. The summed E-state index contributed by atoms with van der Waals surface area (Å²) in [6, 6.07) is 10.4. The number of aromatic nitrogens is 1. The van der Waals surface area contributed by atoms with Gasteiger partial charge in [0.25, 0.3) is 0 Å². The van der Waals surface area contributed by atoms with E-state index in [0.717, 1.165) is 13.0 Å². The van der Waals surface area contributed by atoms with Gasteiger partial charge in [0.05, 0.1) is 34.1 Å². The molecule has 0 aliphatic heterocycles. The molecule has 0 atom stereocenters. The molecule has 1 heterocycles. The molecule has 0 bridgehead atoms. The number of unbranched alkanes of at least 4 members (excludes halogenated alkanes) is 3. The minimum atomic E-state index is -0.375. The highest BCUT2D eigenvalue weighted by Gasteiger charge is 2.14. The number of fused-ring (bicyclic) bond motifs is 1. The summed E-state index contributed by atoms with van der Waals surface area (Å²) in [5.41, 5.74) is 2.08. The van der Waals surface area contributed by atoms with Crippen molar-refractivity contribution in [2.75, 3.05) is 30.3 Å². The van der Waals surface area contributed by atoms with Crippen LogP contribution in [-0.2, 0) is 4.79 Å². The molecule has 0 spiro atoms. The van der Waals surface area contributed by atoms with Crippen molar-refractivity contribution in [1.82, 2.24) is 10.3 Å². The number of anilines is 3. The molecule has 0 saturated carbocycles. The van der Waals surface area contributed by atoms with E-state index in [1.807, 2.05) is 6.92 Å². The lowest BCUT2D eigenvalue weighted by Gasteiger charge is -2.15. The summed E-state index contributed by atoms with van der Waals surface area (Å²) in [6.45, 7) is 6.02. The number of ether oxygens (including phenoxy) is 1. The van der Waals surface area contributed by atoms with Gasteiger partial charge in [-0.2, -0.15) is 5.26 Å². The lowest BCUT2D eigenvalue weighted by Crippen LogP contribution is -2.16. The first kappa shape index (κ1) is 27.8. The maximum absolute atomic E-state index is 12.4. The van der Waals surface area contributed by atoms with Gasteiger partial charge in [0.1, 0.15) is 17.6 Å². The second kappa shape index (κ2) is 14.1. The predicted octanol–water partition coefficient (Wildman–Crippen LogP) is 6.27. The van der Waals surface area contributed by atoms with Crippen LogP contribution >= 0.6 is 11.6 Å². The van der Waals surface area contributed by atoms with Crippen LogP contribution in [0.3, 0.4) is 0 Å². The lowest BCUT2D eigenvalue weighted by molar-refractivity contribution is -0.111. The van der Waals surface area contributed by atoms with Gasteiger partial charge in [-0.15, -0.1) is 0 Å². The van der Waals surface area contributed by atoms with Gasteiger partial charge < -0.3 is 25.8 Å². The molecule has 2 aromatic carbocycles. The Balaban J connectivity index is 1.78. The molecule has 1 aromatic heterocycles. The molecular weight excluding hydrogens is 490 g/mol. The summed E-state index contributed by atoms with van der Waals surface area (Å²) in [5, 5.41) is 30.4. The fourth-order valence-electron chi connectivity index (χ4n) is 3.75. The number of carbonyl (C=O) groups excluding carboxylic acids is 1. The monoisotopic (exact) mass is 521 g/mol. The largest absolute Gasteiger partial charge is 0.506 e. The molecule has 0 fully saturated rings. The summed E-state index contributed by atoms with van der Waals surface area (Å²) >= 11 is 6.33. The Morgan fingerprint density at radius 1 is 1.22 bits per heavy atom. The number of phenolic OH excluding ortho intramolecular Hbond substituents is 1. The van der Waals surface area contributed by atoms with E-state index in [4.69, 9.17) is 16.3 Å². The average molecular weight is 522 g/mol. The van der Waals surface area contributed by atoms with Gasteiger partial charge in [-0.25, -0.2) is 0 Å². The Kier molecular flexibility index (Phi) is 10.6. The number of carbonyl (C=O) groups is 1. The van der Waals surface area contributed by atoms with Crippen LogP contribution < -0.4 is 20.7 Å². The number of phenols is 1. The van der Waals surface area contributed by atoms with Crippen LogP contribution in [0.15, 0.2) is 48.7 Å². The van der Waals surface area contributed by atoms with Crippen LogP contribution in [0.1, 0.15) is 45.1 Å². The van der Waals surface area contributed by atoms with E-state index in [0.29, 0.717) is 51.8 Å². The molecule has 8 nitrogen and oxygen atoms in total. The smallest absolute Gasteiger partial charge is 0.248 e. The fraction of sp³-hybridized carbons (Fsp3) is 0.321. The molecule has 1 amide bonds. The van der Waals surface area contributed by atoms with E-state index in [2.05, 4.69) is 33.9 Å². The third kappa shape index (κ3) is 7.84. The van der Waals surface area contributed by atoms with Gasteiger partial charge in [0.2, 0.25) is 5.91 Å². The van der Waals surface area contributed by atoms with Crippen molar-refractivity contribution in [3.63, 3.8) is 0 Å². The number of aromatic hydroxyl groups is 1. The average Bonchev–Trinajstić information content (AvgIpc) is 2.88. The van der Waals surface area contributed by atoms with E-state index >= 15 is 0 Å². The number of hydrogen-bond acceptors (Lipinski definition) is 7. The Labute approximate surface area is 222 Å². The number of nitrogens with zero attached hydrogens (tertiary/aromatic N) is 2. The molecule has 4 N–H and O–H groups in total. The predicted molar refractivity (Wildman–Crippen MR) is 149 cm³/mol. The summed E-state index contributed by atoms with van der Waals surface area (Å²) in [4.78, 5) is 16.7. The van der Waals surface area contributed by atoms with E-state index < -0.39 is 0 Å². The van der Waals surface area contributed by atoms with Crippen molar-refractivity contribution in [3.8, 4) is 17.6 Å². The highest BCUT2D eigenvalue weighted by Crippen LogP contribution is 2.36. The minimum absolute atomic E-state index is 0.129. The minimum Gasteiger partial charge on any atom is -0.506 e. The zero-order valence-corrected chi connectivity index (χ0v) is 21.9. The number of benzene rings is 2. The van der Waals surface area contributed by atoms with Crippen LogP contribution in [0.4, 0.5) is 17.1 Å². The second-order valence-corrected chi connectivity index (χ2v) is 8.81. The van der Waals surface area contributed by atoms with E-state index in [9.17, 15) is 15.2 Å². The molecule has 3 rings (SSSR count). The van der Waals surface area contributed by atoms with Crippen LogP contribution in [0.2, 0.25) is 5.02 Å². The highest BCUT2D eigenvalue weighted by atomic mass is 35.5. The lowest BCUT2D eigenvalue weighted by atomic mass is 10.1. The number of nitrogens with one attached hydrogen (secondary N) is 3. The molecule has 9 heteroatoms. The normalized spacial score (nSPS) is 11.0. The zero-order chi connectivity index (χ0) is 26.6. The number of hydrogen-bond donors (Lipinski definition) is 4. The molecular formula is C28H32ClN5O3. The SMILES string of the molecule is CCCCCCNC/C=C/C(=O)Nc1cc2c(Nc3ccc(OCC)c(Cl)c3)c(C#N)cnc2cc1O. The number of halogens is 1. The van der Waals surface area contributed by atoms with Crippen molar-refractivity contribution in [1.29, 1.82) is 5.26 Å². The molecule has 0 aliphatic rings. The summed E-state index contributed by atoms with van der Waals surface area (Å²) in [6.07, 6.45) is 9.32. The molecule has 0 saturated heterocycles. The van der Waals surface area contributed by atoms with Crippen molar-refractivity contribution in [2.45, 2.75) is 39.5 Å². The standard InChI is InChI=1S/C28H32ClN5O3/c1-3-5-6-7-12-31-13-8-9-27(36)34-24-15-21-23(16-25(24)35)32-18-19(17-30)28(21)33-20-10-11-26(37-4-2)22(29)14-20/h8-11,14-16,18,31,35H,3-7,12-13H2,1-2H3,(H,32,33)(H,34,36)/b9-8+. The van der Waals surface area contributed by atoms with Gasteiger partial charge in [-0.3, -0.25) is 9.78 Å². The maximum atomic E-state index is 12.4. The van der Waals surface area contributed by atoms with Gasteiger partial charge in [0.15, 0.2) is 0 Å².